The van der Waals surface area contributed by atoms with E-state index in [1.807, 2.05) is 12.0 Å². The van der Waals surface area contributed by atoms with E-state index in [4.69, 9.17) is 9.84 Å². The van der Waals surface area contributed by atoms with Crippen molar-refractivity contribution in [1.82, 2.24) is 0 Å². The van der Waals surface area contributed by atoms with Crippen LogP contribution in [0.25, 0.3) is 0 Å². The third kappa shape index (κ3) is 6.38. The van der Waals surface area contributed by atoms with Crippen molar-refractivity contribution in [2.45, 2.75) is 38.3 Å². The molecule has 7 nitrogen and oxygen atoms in total. The van der Waals surface area contributed by atoms with E-state index in [1.165, 1.54) is 13.0 Å². The molecule has 0 aromatic heterocycles. The van der Waals surface area contributed by atoms with Crippen molar-refractivity contribution in [2.75, 3.05) is 0 Å². The van der Waals surface area contributed by atoms with Gasteiger partial charge in [-0.1, -0.05) is 12.2 Å². The monoisotopic (exact) mass is 293 g/mol. The lowest BCUT2D eigenvalue weighted by Crippen LogP contribution is -2.22. The van der Waals surface area contributed by atoms with Crippen LogP contribution in [0.1, 0.15) is 26.2 Å². The van der Waals surface area contributed by atoms with E-state index >= 15 is 0 Å². The van der Waals surface area contributed by atoms with Crippen LogP contribution in [0.3, 0.4) is 0 Å². The summed E-state index contributed by atoms with van der Waals surface area (Å²) in [7, 11) is 0. The molecule has 21 heavy (non-hydrogen) atoms. The van der Waals surface area contributed by atoms with Gasteiger partial charge in [-0.15, -0.1) is 0 Å². The molecule has 0 bridgehead atoms. The van der Waals surface area contributed by atoms with Crippen LogP contribution in [0.5, 0.6) is 0 Å². The SMILES string of the molecule is C[C@H](C#CC(=O)O)OC(=O)/C=C/C1=CCCC([N+](=O)[O-])C1. The van der Waals surface area contributed by atoms with Gasteiger partial charge in [-0.05, 0) is 24.8 Å². The van der Waals surface area contributed by atoms with Crippen LogP contribution in [0.15, 0.2) is 23.8 Å². The van der Waals surface area contributed by atoms with Gasteiger partial charge in [0.15, 0.2) is 6.10 Å². The normalized spacial score (nSPS) is 19.1. The molecule has 1 unspecified atom stereocenters. The molecule has 0 spiro atoms. The first-order valence-electron chi connectivity index (χ1n) is 6.34. The summed E-state index contributed by atoms with van der Waals surface area (Å²) < 4.78 is 4.84. The van der Waals surface area contributed by atoms with Gasteiger partial charge in [-0.2, -0.15) is 0 Å². The van der Waals surface area contributed by atoms with Gasteiger partial charge in [0.25, 0.3) is 0 Å². The highest BCUT2D eigenvalue weighted by atomic mass is 16.6. The summed E-state index contributed by atoms with van der Waals surface area (Å²) >= 11 is 0. The number of carbonyl (C=O) groups is 2. The maximum Gasteiger partial charge on any atom is 0.382 e. The summed E-state index contributed by atoms with van der Waals surface area (Å²) in [5.74, 6) is 2.12. The van der Waals surface area contributed by atoms with Gasteiger partial charge >= 0.3 is 11.9 Å². The number of allylic oxidation sites excluding steroid dienone is 2. The van der Waals surface area contributed by atoms with Crippen molar-refractivity contribution < 1.29 is 24.4 Å². The van der Waals surface area contributed by atoms with Gasteiger partial charge in [0, 0.05) is 29.8 Å². The molecule has 1 aliphatic carbocycles. The van der Waals surface area contributed by atoms with Crippen LogP contribution in [-0.4, -0.2) is 34.1 Å². The Morgan fingerprint density at radius 1 is 1.62 bits per heavy atom. The number of carboxylic acids is 1. The van der Waals surface area contributed by atoms with Crippen molar-refractivity contribution in [1.29, 1.82) is 0 Å². The fraction of sp³-hybridized carbons (Fsp3) is 0.429. The van der Waals surface area contributed by atoms with E-state index in [2.05, 4.69) is 5.92 Å². The predicted molar refractivity (Wildman–Crippen MR) is 72.8 cm³/mol. The van der Waals surface area contributed by atoms with Crippen LogP contribution in [0.2, 0.25) is 0 Å². The maximum atomic E-state index is 11.5. The van der Waals surface area contributed by atoms with Gasteiger partial charge < -0.3 is 9.84 Å². The van der Waals surface area contributed by atoms with E-state index in [0.29, 0.717) is 18.4 Å². The third-order valence-corrected chi connectivity index (χ3v) is 2.78. The van der Waals surface area contributed by atoms with Crippen molar-refractivity contribution >= 4 is 11.9 Å². The number of carboxylic acid groups (broad SMARTS) is 1. The summed E-state index contributed by atoms with van der Waals surface area (Å²) in [6.45, 7) is 1.45. The number of hydrogen-bond donors (Lipinski definition) is 1. The van der Waals surface area contributed by atoms with Crippen molar-refractivity contribution in [2.24, 2.45) is 0 Å². The van der Waals surface area contributed by atoms with Crippen LogP contribution < -0.4 is 0 Å². The number of nitrogens with zero attached hydrogens (tertiary/aromatic N) is 1. The van der Waals surface area contributed by atoms with Crippen LogP contribution in [-0.2, 0) is 14.3 Å². The summed E-state index contributed by atoms with van der Waals surface area (Å²) in [6.07, 6.45) is 5.02. The zero-order chi connectivity index (χ0) is 15.8. The average molecular weight is 293 g/mol. The molecule has 0 fully saturated rings. The predicted octanol–water partition coefficient (Wildman–Crippen LogP) is 1.32. The Kier molecular flexibility index (Phi) is 6.14. The van der Waals surface area contributed by atoms with E-state index in [9.17, 15) is 19.7 Å². The first-order chi connectivity index (χ1) is 9.88. The summed E-state index contributed by atoms with van der Waals surface area (Å²) in [5, 5.41) is 19.1. The zero-order valence-electron chi connectivity index (χ0n) is 11.4. The highest BCUT2D eigenvalue weighted by Gasteiger charge is 2.23. The van der Waals surface area contributed by atoms with E-state index in [-0.39, 0.29) is 11.3 Å². The molecule has 112 valence electrons. The first kappa shape index (κ1) is 16.4. The fourth-order valence-corrected chi connectivity index (χ4v) is 1.82. The Hall–Kier alpha value is -2.62. The molecule has 0 saturated carbocycles. The summed E-state index contributed by atoms with van der Waals surface area (Å²) in [4.78, 5) is 32.1. The Morgan fingerprint density at radius 3 is 2.95 bits per heavy atom. The molecule has 2 atom stereocenters. The zero-order valence-corrected chi connectivity index (χ0v) is 11.4. The number of esters is 1. The topological polar surface area (TPSA) is 107 Å². The van der Waals surface area contributed by atoms with Gasteiger partial charge in [-0.3, -0.25) is 10.1 Å². The second-order valence-electron chi connectivity index (χ2n) is 4.49. The first-order valence-corrected chi connectivity index (χ1v) is 6.34. The Bertz CT molecular complexity index is 552. The smallest absolute Gasteiger partial charge is 0.382 e. The second kappa shape index (κ2) is 7.85. The molecule has 1 N–H and O–H groups in total. The molecule has 1 aliphatic rings. The maximum absolute atomic E-state index is 11.5. The van der Waals surface area contributed by atoms with Gasteiger partial charge in [0.1, 0.15) is 0 Å². The lowest BCUT2D eigenvalue weighted by molar-refractivity contribution is -0.523. The largest absolute Gasteiger partial charge is 0.472 e. The fourth-order valence-electron chi connectivity index (χ4n) is 1.82. The molecular weight excluding hydrogens is 278 g/mol. The molecule has 0 saturated heterocycles. The molecular formula is C14H15NO6. The van der Waals surface area contributed by atoms with E-state index < -0.39 is 24.1 Å². The average Bonchev–Trinajstić information content (AvgIpc) is 2.43. The Labute approximate surface area is 121 Å². The molecule has 0 aliphatic heterocycles. The number of carbonyl (C=O) groups excluding carboxylic acids is 1. The minimum absolute atomic E-state index is 0.283. The highest BCUT2D eigenvalue weighted by molar-refractivity contribution is 5.87. The summed E-state index contributed by atoms with van der Waals surface area (Å²) in [5.41, 5.74) is 0.712. The molecule has 0 aromatic carbocycles. The van der Waals surface area contributed by atoms with Crippen LogP contribution in [0, 0.1) is 22.0 Å². The second-order valence-corrected chi connectivity index (χ2v) is 4.49. The minimum atomic E-state index is -1.30. The summed E-state index contributed by atoms with van der Waals surface area (Å²) in [6, 6.07) is -0.619. The lowest BCUT2D eigenvalue weighted by Gasteiger charge is -2.14. The molecule has 7 heteroatoms. The van der Waals surface area contributed by atoms with Crippen LogP contribution in [0.4, 0.5) is 0 Å². The number of hydrogen-bond acceptors (Lipinski definition) is 5. The number of nitro groups is 1. The number of aliphatic carboxylic acids is 1. The molecule has 0 amide bonds. The lowest BCUT2D eigenvalue weighted by atomic mass is 9.95. The Balaban J connectivity index is 2.51. The van der Waals surface area contributed by atoms with Crippen molar-refractivity contribution in [3.8, 4) is 11.8 Å². The van der Waals surface area contributed by atoms with Crippen molar-refractivity contribution in [3.63, 3.8) is 0 Å². The standard InChI is InChI=1S/C14H15NO6/c1-10(5-7-13(16)17)21-14(18)8-6-11-3-2-4-12(9-11)15(19)20/h3,6,8,10,12H,2,4,9H2,1H3,(H,16,17)/b8-6+/t10-,12?/m1/s1. The number of rotatable bonds is 4. The van der Waals surface area contributed by atoms with Crippen molar-refractivity contribution in [3.05, 3.63) is 33.9 Å². The van der Waals surface area contributed by atoms with Gasteiger partial charge in [0.2, 0.25) is 6.04 Å². The molecule has 0 heterocycles. The Morgan fingerprint density at radius 2 is 2.33 bits per heavy atom. The van der Waals surface area contributed by atoms with E-state index in [0.717, 1.165) is 6.08 Å². The molecule has 0 aromatic rings. The quantitative estimate of drug-likeness (QED) is 0.275. The van der Waals surface area contributed by atoms with Crippen LogP contribution >= 0.6 is 0 Å². The van der Waals surface area contributed by atoms with Gasteiger partial charge in [0.05, 0.1) is 0 Å². The van der Waals surface area contributed by atoms with Gasteiger partial charge in [-0.25, -0.2) is 9.59 Å². The number of ether oxygens (including phenoxy) is 1. The molecule has 1 rings (SSSR count). The highest BCUT2D eigenvalue weighted by Crippen LogP contribution is 2.21. The van der Waals surface area contributed by atoms with E-state index in [1.54, 1.807) is 0 Å². The third-order valence-electron chi connectivity index (χ3n) is 2.78. The molecule has 0 radical (unpaired) electrons. The minimum Gasteiger partial charge on any atom is -0.472 e.